The Morgan fingerprint density at radius 1 is 0.793 bits per heavy atom. The summed E-state index contributed by atoms with van der Waals surface area (Å²) in [6, 6.07) is 0. The average molecular weight is 414 g/mol. The second kappa shape index (κ2) is 10.5. The van der Waals surface area contributed by atoms with Crippen LogP contribution in [0, 0.1) is 5.92 Å². The first-order chi connectivity index (χ1) is 13.7. The molecule has 0 atom stereocenters. The summed E-state index contributed by atoms with van der Waals surface area (Å²) in [7, 11) is 0. The summed E-state index contributed by atoms with van der Waals surface area (Å²) in [6.07, 6.45) is 1.63. The average Bonchev–Trinajstić information content (AvgIpc) is 2.67. The molecule has 0 aromatic heterocycles. The monoisotopic (exact) mass is 413 g/mol. The molecule has 2 rings (SSSR count). The van der Waals surface area contributed by atoms with Crippen LogP contribution in [0.5, 0.6) is 0 Å². The van der Waals surface area contributed by atoms with E-state index in [0.29, 0.717) is 58.4 Å². The number of ether oxygens (including phenoxy) is 3. The third kappa shape index (κ3) is 7.62. The molecule has 0 aromatic carbocycles. The molecule has 3 amide bonds. The minimum absolute atomic E-state index is 0.260. The molecule has 9 nitrogen and oxygen atoms in total. The molecule has 2 fully saturated rings. The molecule has 2 saturated heterocycles. The minimum atomic E-state index is -0.482. The lowest BCUT2D eigenvalue weighted by molar-refractivity contribution is 0.0170. The van der Waals surface area contributed by atoms with Crippen molar-refractivity contribution in [2.75, 3.05) is 52.5 Å². The Hall–Kier alpha value is -2.19. The van der Waals surface area contributed by atoms with Crippen LogP contribution in [0.2, 0.25) is 0 Å². The van der Waals surface area contributed by atoms with Crippen LogP contribution in [0.4, 0.5) is 14.4 Å². The third-order valence-electron chi connectivity index (χ3n) is 5.08. The molecule has 0 unspecified atom stereocenters. The second-order valence-electron chi connectivity index (χ2n) is 8.49. The molecule has 29 heavy (non-hydrogen) atoms. The quantitative estimate of drug-likeness (QED) is 0.659. The van der Waals surface area contributed by atoms with Gasteiger partial charge in [-0.3, -0.25) is 0 Å². The van der Waals surface area contributed by atoms with Crippen molar-refractivity contribution in [1.82, 2.24) is 14.7 Å². The van der Waals surface area contributed by atoms with Crippen LogP contribution in [0.25, 0.3) is 0 Å². The Bertz CT molecular complexity index is 561. The van der Waals surface area contributed by atoms with Crippen LogP contribution in [-0.4, -0.2) is 91.1 Å². The highest BCUT2D eigenvalue weighted by Gasteiger charge is 2.28. The van der Waals surface area contributed by atoms with Crippen molar-refractivity contribution in [3.05, 3.63) is 0 Å². The Balaban J connectivity index is 1.60. The van der Waals surface area contributed by atoms with Crippen LogP contribution >= 0.6 is 0 Å². The Kier molecular flexibility index (Phi) is 8.40. The van der Waals surface area contributed by atoms with Crippen molar-refractivity contribution in [3.8, 4) is 0 Å². The van der Waals surface area contributed by atoms with Gasteiger partial charge < -0.3 is 28.9 Å². The maximum absolute atomic E-state index is 12.2. The van der Waals surface area contributed by atoms with Gasteiger partial charge in [0.25, 0.3) is 0 Å². The highest BCUT2D eigenvalue weighted by atomic mass is 16.6. The van der Waals surface area contributed by atoms with Gasteiger partial charge in [-0.05, 0) is 52.9 Å². The number of piperazine rings is 1. The van der Waals surface area contributed by atoms with Crippen LogP contribution in [-0.2, 0) is 14.2 Å². The zero-order valence-corrected chi connectivity index (χ0v) is 18.1. The molecule has 2 aliphatic heterocycles. The van der Waals surface area contributed by atoms with Crippen molar-refractivity contribution in [1.29, 1.82) is 0 Å². The van der Waals surface area contributed by atoms with Gasteiger partial charge in [-0.2, -0.15) is 0 Å². The lowest BCUT2D eigenvalue weighted by Crippen LogP contribution is -2.50. The SMILES string of the molecule is CCOC(=O)N1CCN(C(=O)OCCC2CCN(C(=O)OC(C)(C)C)CC2)CC1. The van der Waals surface area contributed by atoms with E-state index < -0.39 is 5.60 Å². The number of hydrogen-bond acceptors (Lipinski definition) is 6. The first-order valence-corrected chi connectivity index (χ1v) is 10.5. The standard InChI is InChI=1S/C20H35N3O6/c1-5-27-17(24)22-11-13-23(14-12-22)18(25)28-15-8-16-6-9-21(10-7-16)19(26)29-20(2,3)4/h16H,5-15H2,1-4H3. The van der Waals surface area contributed by atoms with Gasteiger partial charge in [0.2, 0.25) is 0 Å². The van der Waals surface area contributed by atoms with E-state index in [1.165, 1.54) is 0 Å². The van der Waals surface area contributed by atoms with Crippen LogP contribution < -0.4 is 0 Å². The normalized spacial score (nSPS) is 18.4. The highest BCUT2D eigenvalue weighted by molar-refractivity contribution is 5.70. The lowest BCUT2D eigenvalue weighted by Gasteiger charge is -2.34. The number of nitrogens with zero attached hydrogens (tertiary/aromatic N) is 3. The van der Waals surface area contributed by atoms with E-state index in [4.69, 9.17) is 14.2 Å². The molecule has 0 spiro atoms. The maximum atomic E-state index is 12.2. The smallest absolute Gasteiger partial charge is 0.410 e. The highest BCUT2D eigenvalue weighted by Crippen LogP contribution is 2.22. The Morgan fingerprint density at radius 3 is 1.76 bits per heavy atom. The van der Waals surface area contributed by atoms with Crippen molar-refractivity contribution in [2.24, 2.45) is 5.92 Å². The number of piperidine rings is 1. The summed E-state index contributed by atoms with van der Waals surface area (Å²) in [5.74, 6) is 0.433. The van der Waals surface area contributed by atoms with E-state index in [0.717, 1.165) is 19.3 Å². The van der Waals surface area contributed by atoms with E-state index in [-0.39, 0.29) is 18.3 Å². The second-order valence-corrected chi connectivity index (χ2v) is 8.49. The van der Waals surface area contributed by atoms with Gasteiger partial charge in [0.15, 0.2) is 0 Å². The number of amides is 3. The first-order valence-electron chi connectivity index (χ1n) is 10.5. The number of carbonyl (C=O) groups excluding carboxylic acids is 3. The van der Waals surface area contributed by atoms with Gasteiger partial charge in [-0.15, -0.1) is 0 Å². The summed E-state index contributed by atoms with van der Waals surface area (Å²) < 4.78 is 15.8. The van der Waals surface area contributed by atoms with Crippen LogP contribution in [0.15, 0.2) is 0 Å². The van der Waals surface area contributed by atoms with Gasteiger partial charge >= 0.3 is 18.3 Å². The lowest BCUT2D eigenvalue weighted by atomic mass is 9.94. The van der Waals surface area contributed by atoms with E-state index in [1.807, 2.05) is 20.8 Å². The molecule has 0 saturated carbocycles. The van der Waals surface area contributed by atoms with Gasteiger partial charge in [0.1, 0.15) is 5.60 Å². The number of rotatable bonds is 4. The summed E-state index contributed by atoms with van der Waals surface area (Å²) in [4.78, 5) is 41.0. The van der Waals surface area contributed by atoms with Crippen molar-refractivity contribution in [2.45, 2.75) is 52.6 Å². The predicted molar refractivity (Wildman–Crippen MR) is 107 cm³/mol. The molecule has 0 radical (unpaired) electrons. The topological polar surface area (TPSA) is 88.6 Å². The molecular formula is C20H35N3O6. The number of hydrogen-bond donors (Lipinski definition) is 0. The molecule has 0 aromatic rings. The summed E-state index contributed by atoms with van der Waals surface area (Å²) >= 11 is 0. The Labute approximate surface area is 173 Å². The minimum Gasteiger partial charge on any atom is -0.450 e. The van der Waals surface area contributed by atoms with Crippen molar-refractivity contribution >= 4 is 18.3 Å². The van der Waals surface area contributed by atoms with E-state index in [2.05, 4.69) is 0 Å². The zero-order chi connectivity index (χ0) is 21.4. The molecule has 0 bridgehead atoms. The predicted octanol–water partition coefficient (Wildman–Crippen LogP) is 2.93. The molecule has 166 valence electrons. The third-order valence-corrected chi connectivity index (χ3v) is 5.08. The molecular weight excluding hydrogens is 378 g/mol. The maximum Gasteiger partial charge on any atom is 0.410 e. The summed E-state index contributed by atoms with van der Waals surface area (Å²) in [5.41, 5.74) is -0.482. The van der Waals surface area contributed by atoms with Crippen LogP contribution in [0.3, 0.4) is 0 Å². The zero-order valence-electron chi connectivity index (χ0n) is 18.1. The molecule has 2 aliphatic rings. The largest absolute Gasteiger partial charge is 0.450 e. The molecule has 0 aliphatic carbocycles. The fraction of sp³-hybridized carbons (Fsp3) is 0.850. The van der Waals surface area contributed by atoms with Gasteiger partial charge in [-0.1, -0.05) is 0 Å². The van der Waals surface area contributed by atoms with Gasteiger partial charge in [-0.25, -0.2) is 14.4 Å². The first kappa shape index (κ1) is 23.1. The van der Waals surface area contributed by atoms with E-state index >= 15 is 0 Å². The van der Waals surface area contributed by atoms with Crippen LogP contribution in [0.1, 0.15) is 47.0 Å². The van der Waals surface area contributed by atoms with E-state index in [1.54, 1.807) is 21.6 Å². The van der Waals surface area contributed by atoms with Crippen molar-refractivity contribution < 1.29 is 28.6 Å². The van der Waals surface area contributed by atoms with Gasteiger partial charge in [0.05, 0.1) is 13.2 Å². The summed E-state index contributed by atoms with van der Waals surface area (Å²) in [5, 5.41) is 0. The Morgan fingerprint density at radius 2 is 1.28 bits per heavy atom. The number of likely N-dealkylation sites (tertiary alicyclic amines) is 1. The summed E-state index contributed by atoms with van der Waals surface area (Å²) in [6.45, 7) is 11.2. The molecule has 2 heterocycles. The number of carbonyl (C=O) groups is 3. The van der Waals surface area contributed by atoms with Gasteiger partial charge in [0, 0.05) is 39.3 Å². The molecule has 0 N–H and O–H groups in total. The fourth-order valence-corrected chi connectivity index (χ4v) is 3.42. The van der Waals surface area contributed by atoms with Crippen molar-refractivity contribution in [3.63, 3.8) is 0 Å². The molecule has 9 heteroatoms. The fourth-order valence-electron chi connectivity index (χ4n) is 3.42. The van der Waals surface area contributed by atoms with E-state index in [9.17, 15) is 14.4 Å².